The monoisotopic (exact) mass is 275 g/mol. The number of aromatic nitrogens is 2. The molecule has 0 saturated carbocycles. The van der Waals surface area contributed by atoms with E-state index in [1.54, 1.807) is 11.3 Å². The Morgan fingerprint density at radius 2 is 2.16 bits per heavy atom. The number of hydrogen-bond acceptors (Lipinski definition) is 5. The van der Waals surface area contributed by atoms with Crippen LogP contribution < -0.4 is 10.6 Å². The van der Waals surface area contributed by atoms with Crippen molar-refractivity contribution in [1.82, 2.24) is 10.2 Å². The van der Waals surface area contributed by atoms with Crippen LogP contribution in [0.1, 0.15) is 22.4 Å². The van der Waals surface area contributed by atoms with Gasteiger partial charge in [0.15, 0.2) is 5.82 Å². The molecule has 0 saturated heterocycles. The molecule has 0 aromatic carbocycles. The Morgan fingerprint density at radius 3 is 2.74 bits per heavy atom. The summed E-state index contributed by atoms with van der Waals surface area (Å²) >= 11 is 1.66. The number of aryl methyl sites for hydroxylation is 1. The lowest BCUT2D eigenvalue weighted by Gasteiger charge is -2.21. The van der Waals surface area contributed by atoms with E-state index in [9.17, 15) is 0 Å². The van der Waals surface area contributed by atoms with E-state index in [-0.39, 0.29) is 5.84 Å². The molecule has 5 nitrogen and oxygen atoms in total. The van der Waals surface area contributed by atoms with Crippen molar-refractivity contribution in [2.24, 2.45) is 5.73 Å². The summed E-state index contributed by atoms with van der Waals surface area (Å²) in [5, 5.41) is 20.2. The number of amidine groups is 1. The zero-order valence-corrected chi connectivity index (χ0v) is 12.1. The smallest absolute Gasteiger partial charge is 0.162 e. The molecule has 19 heavy (non-hydrogen) atoms. The zero-order valence-electron chi connectivity index (χ0n) is 11.3. The maximum Gasteiger partial charge on any atom is 0.162 e. The number of nitrogens with one attached hydrogen (secondary N) is 1. The van der Waals surface area contributed by atoms with Crippen molar-refractivity contribution in [2.75, 3.05) is 11.9 Å². The first-order chi connectivity index (χ1) is 9.00. The number of nitrogen functional groups attached to an aromatic ring is 1. The Bertz CT molecular complexity index is 591. The van der Waals surface area contributed by atoms with Crippen LogP contribution in [0.4, 0.5) is 5.82 Å². The number of anilines is 1. The number of thiophene rings is 1. The highest BCUT2D eigenvalue weighted by atomic mass is 32.1. The average molecular weight is 275 g/mol. The number of nitrogens with zero attached hydrogens (tertiary/aromatic N) is 3. The molecular formula is C13H17N5S. The summed E-state index contributed by atoms with van der Waals surface area (Å²) in [5.74, 6) is 0.685. The van der Waals surface area contributed by atoms with Gasteiger partial charge in [0.1, 0.15) is 5.84 Å². The predicted molar refractivity (Wildman–Crippen MR) is 78.9 cm³/mol. The van der Waals surface area contributed by atoms with Gasteiger partial charge in [0.2, 0.25) is 0 Å². The topological polar surface area (TPSA) is 78.9 Å². The highest BCUT2D eigenvalue weighted by Gasteiger charge is 2.17. The Hall–Kier alpha value is -1.95. The minimum Gasteiger partial charge on any atom is -0.384 e. The minimum absolute atomic E-state index is 0.0302. The van der Waals surface area contributed by atoms with Crippen LogP contribution in [-0.4, -0.2) is 23.1 Å². The first-order valence-corrected chi connectivity index (χ1v) is 6.85. The lowest BCUT2D eigenvalue weighted by Crippen LogP contribution is -2.25. The van der Waals surface area contributed by atoms with E-state index in [4.69, 9.17) is 11.1 Å². The molecule has 0 radical (unpaired) electrons. The second kappa shape index (κ2) is 5.36. The van der Waals surface area contributed by atoms with Gasteiger partial charge in [-0.05, 0) is 41.8 Å². The fourth-order valence-electron chi connectivity index (χ4n) is 1.92. The summed E-state index contributed by atoms with van der Waals surface area (Å²) in [6.07, 6.45) is 0. The van der Waals surface area contributed by atoms with Gasteiger partial charge in [-0.25, -0.2) is 0 Å². The lowest BCUT2D eigenvalue weighted by atomic mass is 10.1. The van der Waals surface area contributed by atoms with Crippen molar-refractivity contribution in [2.45, 2.75) is 20.4 Å². The van der Waals surface area contributed by atoms with Gasteiger partial charge in [-0.1, -0.05) is 0 Å². The van der Waals surface area contributed by atoms with Crippen molar-refractivity contribution in [1.29, 1.82) is 5.41 Å². The van der Waals surface area contributed by atoms with E-state index in [0.717, 1.165) is 17.8 Å². The van der Waals surface area contributed by atoms with Crippen molar-refractivity contribution < 1.29 is 0 Å². The quantitative estimate of drug-likeness (QED) is 0.661. The first kappa shape index (κ1) is 13.5. The molecule has 0 aliphatic carbocycles. The molecule has 0 spiro atoms. The summed E-state index contributed by atoms with van der Waals surface area (Å²) in [6, 6.07) is 2.07. The predicted octanol–water partition coefficient (Wildman–Crippen LogP) is 2.08. The minimum atomic E-state index is 0.0302. The van der Waals surface area contributed by atoms with Crippen LogP contribution in [0.5, 0.6) is 0 Å². The maximum absolute atomic E-state index is 7.74. The molecule has 100 valence electrons. The van der Waals surface area contributed by atoms with Gasteiger partial charge in [0, 0.05) is 13.6 Å². The van der Waals surface area contributed by atoms with E-state index in [2.05, 4.69) is 21.6 Å². The standard InChI is InChI=1S/C13H17N5S/c1-8-9(2)16-17-13(11(8)12(14)15)18(3)6-10-4-5-19-7-10/h4-5,7H,6H2,1-3H3,(H3,14,15). The lowest BCUT2D eigenvalue weighted by molar-refractivity contribution is 0.849. The third-order valence-electron chi connectivity index (χ3n) is 3.07. The molecule has 0 aliphatic rings. The number of hydrogen-bond donors (Lipinski definition) is 2. The molecule has 2 aromatic rings. The van der Waals surface area contributed by atoms with Gasteiger partial charge in [-0.15, -0.1) is 5.10 Å². The molecule has 2 aromatic heterocycles. The van der Waals surface area contributed by atoms with E-state index >= 15 is 0 Å². The van der Waals surface area contributed by atoms with Gasteiger partial charge < -0.3 is 10.6 Å². The fourth-order valence-corrected chi connectivity index (χ4v) is 2.58. The molecule has 2 heterocycles. The van der Waals surface area contributed by atoms with E-state index in [0.29, 0.717) is 11.4 Å². The maximum atomic E-state index is 7.74. The van der Waals surface area contributed by atoms with Gasteiger partial charge in [0.25, 0.3) is 0 Å². The average Bonchev–Trinajstić information content (AvgIpc) is 2.84. The molecular weight excluding hydrogens is 258 g/mol. The second-order valence-electron chi connectivity index (χ2n) is 4.51. The van der Waals surface area contributed by atoms with Crippen LogP contribution in [0, 0.1) is 19.3 Å². The summed E-state index contributed by atoms with van der Waals surface area (Å²) < 4.78 is 0. The van der Waals surface area contributed by atoms with Gasteiger partial charge in [-0.3, -0.25) is 5.41 Å². The van der Waals surface area contributed by atoms with Gasteiger partial charge >= 0.3 is 0 Å². The molecule has 0 amide bonds. The molecule has 3 N–H and O–H groups in total. The summed E-state index contributed by atoms with van der Waals surface area (Å²) in [5.41, 5.74) is 9.28. The summed E-state index contributed by atoms with van der Waals surface area (Å²) in [6.45, 7) is 4.51. The third kappa shape index (κ3) is 2.73. The molecule has 0 aliphatic heterocycles. The van der Waals surface area contributed by atoms with Crippen molar-refractivity contribution in [3.8, 4) is 0 Å². The molecule has 0 atom stereocenters. The molecule has 0 unspecified atom stereocenters. The third-order valence-corrected chi connectivity index (χ3v) is 3.80. The molecule has 0 bridgehead atoms. The zero-order chi connectivity index (χ0) is 14.0. The van der Waals surface area contributed by atoms with Crippen LogP contribution in [0.15, 0.2) is 16.8 Å². The van der Waals surface area contributed by atoms with Crippen LogP contribution in [0.2, 0.25) is 0 Å². The normalized spacial score (nSPS) is 10.5. The van der Waals surface area contributed by atoms with Crippen LogP contribution in [-0.2, 0) is 6.54 Å². The van der Waals surface area contributed by atoms with Crippen molar-refractivity contribution >= 4 is 23.0 Å². The van der Waals surface area contributed by atoms with Crippen molar-refractivity contribution in [3.63, 3.8) is 0 Å². The van der Waals surface area contributed by atoms with Crippen LogP contribution in [0.25, 0.3) is 0 Å². The fraction of sp³-hybridized carbons (Fsp3) is 0.308. The summed E-state index contributed by atoms with van der Waals surface area (Å²) in [7, 11) is 1.93. The van der Waals surface area contributed by atoms with Crippen LogP contribution >= 0.6 is 11.3 Å². The Balaban J connectivity index is 2.38. The van der Waals surface area contributed by atoms with E-state index in [1.807, 2.05) is 31.2 Å². The van der Waals surface area contributed by atoms with Crippen molar-refractivity contribution in [3.05, 3.63) is 39.2 Å². The van der Waals surface area contributed by atoms with Crippen LogP contribution in [0.3, 0.4) is 0 Å². The second-order valence-corrected chi connectivity index (χ2v) is 5.29. The Labute approximate surface area is 116 Å². The largest absolute Gasteiger partial charge is 0.384 e. The van der Waals surface area contributed by atoms with Gasteiger partial charge in [0.05, 0.1) is 11.3 Å². The summed E-state index contributed by atoms with van der Waals surface area (Å²) in [4.78, 5) is 1.97. The Kier molecular flexibility index (Phi) is 3.80. The van der Waals surface area contributed by atoms with E-state index < -0.39 is 0 Å². The SMILES string of the molecule is Cc1nnc(N(C)Cc2ccsc2)c(C(=N)N)c1C. The molecule has 0 fully saturated rings. The Morgan fingerprint density at radius 1 is 1.42 bits per heavy atom. The molecule has 6 heteroatoms. The first-order valence-electron chi connectivity index (χ1n) is 5.91. The number of nitrogens with two attached hydrogens (primary N) is 1. The highest BCUT2D eigenvalue weighted by Crippen LogP contribution is 2.22. The van der Waals surface area contributed by atoms with E-state index in [1.165, 1.54) is 5.56 Å². The number of rotatable bonds is 4. The van der Waals surface area contributed by atoms with Gasteiger partial charge in [-0.2, -0.15) is 16.4 Å². The highest BCUT2D eigenvalue weighted by molar-refractivity contribution is 7.07. The molecule has 2 rings (SSSR count).